The van der Waals surface area contributed by atoms with Crippen molar-refractivity contribution in [2.45, 2.75) is 24.2 Å². The molecule has 1 aliphatic rings. The molecule has 1 heterocycles. The fourth-order valence-electron chi connectivity index (χ4n) is 2.80. The number of halogens is 1. The molecule has 0 unspecified atom stereocenters. The van der Waals surface area contributed by atoms with Gasteiger partial charge in [0, 0.05) is 27.9 Å². The smallest absolute Gasteiger partial charge is 0.255 e. The zero-order valence-electron chi connectivity index (χ0n) is 13.6. The number of amides is 1. The Kier molecular flexibility index (Phi) is 5.75. The lowest BCUT2D eigenvalue weighted by Crippen LogP contribution is -2.35. The lowest BCUT2D eigenvalue weighted by atomic mass is 10.2. The number of rotatable bonds is 4. The highest BCUT2D eigenvalue weighted by atomic mass is 127. The molecule has 0 saturated carbocycles. The van der Waals surface area contributed by atoms with Crippen molar-refractivity contribution in [2.24, 2.45) is 0 Å². The van der Waals surface area contributed by atoms with Crippen molar-refractivity contribution in [1.29, 1.82) is 0 Å². The standard InChI is InChI=1S/C18H19IN2O3S/c19-15-6-4-5-14(13-15)18(22)20-16-7-9-17(10-8-16)25(23,24)21-11-2-1-3-12-21/h4-10,13H,1-3,11-12H2,(H,20,22). The van der Waals surface area contributed by atoms with E-state index in [1.807, 2.05) is 12.1 Å². The van der Waals surface area contributed by atoms with Crippen LogP contribution in [-0.2, 0) is 10.0 Å². The zero-order valence-corrected chi connectivity index (χ0v) is 16.6. The first kappa shape index (κ1) is 18.3. The van der Waals surface area contributed by atoms with E-state index in [4.69, 9.17) is 0 Å². The molecule has 0 aliphatic carbocycles. The highest BCUT2D eigenvalue weighted by molar-refractivity contribution is 14.1. The molecule has 5 nitrogen and oxygen atoms in total. The summed E-state index contributed by atoms with van der Waals surface area (Å²) in [6, 6.07) is 13.6. The van der Waals surface area contributed by atoms with Crippen LogP contribution >= 0.6 is 22.6 Å². The Hall–Kier alpha value is -1.45. The Morgan fingerprint density at radius 3 is 2.32 bits per heavy atom. The number of benzene rings is 2. The van der Waals surface area contributed by atoms with Crippen LogP contribution < -0.4 is 5.32 Å². The van der Waals surface area contributed by atoms with Crippen molar-refractivity contribution in [3.63, 3.8) is 0 Å². The number of hydrogen-bond acceptors (Lipinski definition) is 3. The normalized spacial score (nSPS) is 15.7. The van der Waals surface area contributed by atoms with Crippen LogP contribution in [0.25, 0.3) is 0 Å². The van der Waals surface area contributed by atoms with Crippen molar-refractivity contribution in [1.82, 2.24) is 4.31 Å². The van der Waals surface area contributed by atoms with Gasteiger partial charge in [0.25, 0.3) is 5.91 Å². The van der Waals surface area contributed by atoms with E-state index in [0.29, 0.717) is 24.3 Å². The van der Waals surface area contributed by atoms with Crippen LogP contribution in [-0.4, -0.2) is 31.7 Å². The third-order valence-corrected chi connectivity index (χ3v) is 6.74. The number of carbonyl (C=O) groups excluding carboxylic acids is 1. The number of hydrogen-bond donors (Lipinski definition) is 1. The van der Waals surface area contributed by atoms with Gasteiger partial charge in [0.15, 0.2) is 0 Å². The summed E-state index contributed by atoms with van der Waals surface area (Å²) in [5, 5.41) is 2.79. The van der Waals surface area contributed by atoms with E-state index in [2.05, 4.69) is 27.9 Å². The van der Waals surface area contributed by atoms with Crippen molar-refractivity contribution < 1.29 is 13.2 Å². The molecule has 1 fully saturated rings. The molecule has 1 aliphatic heterocycles. The molecule has 132 valence electrons. The van der Waals surface area contributed by atoms with Gasteiger partial charge in [-0.3, -0.25) is 4.79 Å². The van der Waals surface area contributed by atoms with Gasteiger partial charge >= 0.3 is 0 Å². The number of anilines is 1. The molecule has 0 radical (unpaired) electrons. The maximum atomic E-state index is 12.6. The maximum Gasteiger partial charge on any atom is 0.255 e. The molecule has 0 atom stereocenters. The summed E-state index contributed by atoms with van der Waals surface area (Å²) < 4.78 is 27.8. The van der Waals surface area contributed by atoms with E-state index in [1.165, 1.54) is 4.31 Å². The van der Waals surface area contributed by atoms with Gasteiger partial charge in [-0.15, -0.1) is 0 Å². The SMILES string of the molecule is O=C(Nc1ccc(S(=O)(=O)N2CCCCC2)cc1)c1cccc(I)c1. The van der Waals surface area contributed by atoms with E-state index in [0.717, 1.165) is 22.8 Å². The summed E-state index contributed by atoms with van der Waals surface area (Å²) in [5.41, 5.74) is 1.14. The zero-order chi connectivity index (χ0) is 17.9. The quantitative estimate of drug-likeness (QED) is 0.693. The highest BCUT2D eigenvalue weighted by Gasteiger charge is 2.25. The average molecular weight is 470 g/mol. The second-order valence-electron chi connectivity index (χ2n) is 5.95. The minimum atomic E-state index is -3.45. The van der Waals surface area contributed by atoms with Gasteiger partial charge in [-0.1, -0.05) is 12.5 Å². The number of sulfonamides is 1. The Bertz CT molecular complexity index is 860. The Morgan fingerprint density at radius 2 is 1.68 bits per heavy atom. The van der Waals surface area contributed by atoms with E-state index in [1.54, 1.807) is 36.4 Å². The van der Waals surface area contributed by atoms with Gasteiger partial charge in [0.05, 0.1) is 4.90 Å². The van der Waals surface area contributed by atoms with Crippen molar-refractivity contribution in [2.75, 3.05) is 18.4 Å². The van der Waals surface area contributed by atoms with E-state index >= 15 is 0 Å². The van der Waals surface area contributed by atoms with Gasteiger partial charge in [-0.25, -0.2) is 8.42 Å². The van der Waals surface area contributed by atoms with Gasteiger partial charge in [0.2, 0.25) is 10.0 Å². The molecule has 7 heteroatoms. The Morgan fingerprint density at radius 1 is 1.00 bits per heavy atom. The largest absolute Gasteiger partial charge is 0.322 e. The van der Waals surface area contributed by atoms with Crippen molar-refractivity contribution in [3.8, 4) is 0 Å². The fraction of sp³-hybridized carbons (Fsp3) is 0.278. The van der Waals surface area contributed by atoms with Crippen LogP contribution in [0, 0.1) is 3.57 Å². The molecule has 0 bridgehead atoms. The molecule has 1 N–H and O–H groups in total. The number of piperidine rings is 1. The molecule has 0 aromatic heterocycles. The summed E-state index contributed by atoms with van der Waals surface area (Å²) in [6.07, 6.45) is 2.89. The molecule has 0 spiro atoms. The monoisotopic (exact) mass is 470 g/mol. The topological polar surface area (TPSA) is 66.5 Å². The summed E-state index contributed by atoms with van der Waals surface area (Å²) in [7, 11) is -3.45. The van der Waals surface area contributed by atoms with E-state index in [9.17, 15) is 13.2 Å². The van der Waals surface area contributed by atoms with E-state index in [-0.39, 0.29) is 10.8 Å². The lowest BCUT2D eigenvalue weighted by molar-refractivity contribution is 0.102. The van der Waals surface area contributed by atoms with Crippen LogP contribution in [0.1, 0.15) is 29.6 Å². The molecule has 1 saturated heterocycles. The van der Waals surface area contributed by atoms with Gasteiger partial charge in [-0.05, 0) is 77.9 Å². The van der Waals surface area contributed by atoms with Crippen molar-refractivity contribution in [3.05, 3.63) is 57.7 Å². The molecule has 1 amide bonds. The predicted molar refractivity (Wildman–Crippen MR) is 106 cm³/mol. The number of carbonyl (C=O) groups is 1. The van der Waals surface area contributed by atoms with Gasteiger partial charge < -0.3 is 5.32 Å². The Balaban J connectivity index is 1.73. The van der Waals surface area contributed by atoms with Crippen LogP contribution in [0.4, 0.5) is 5.69 Å². The molecule has 2 aromatic rings. The minimum absolute atomic E-state index is 0.217. The molecular weight excluding hydrogens is 451 g/mol. The van der Waals surface area contributed by atoms with Crippen LogP contribution in [0.2, 0.25) is 0 Å². The predicted octanol–water partition coefficient (Wildman–Crippen LogP) is 3.72. The molecular formula is C18H19IN2O3S. The third kappa shape index (κ3) is 4.39. The summed E-state index contributed by atoms with van der Waals surface area (Å²) in [5.74, 6) is -0.217. The second-order valence-corrected chi connectivity index (χ2v) is 9.14. The average Bonchev–Trinajstić information content (AvgIpc) is 2.63. The second kappa shape index (κ2) is 7.84. The van der Waals surface area contributed by atoms with E-state index < -0.39 is 10.0 Å². The first-order valence-electron chi connectivity index (χ1n) is 8.14. The van der Waals surface area contributed by atoms with Gasteiger partial charge in [0.1, 0.15) is 0 Å². The maximum absolute atomic E-state index is 12.6. The van der Waals surface area contributed by atoms with Gasteiger partial charge in [-0.2, -0.15) is 4.31 Å². The molecule has 3 rings (SSSR count). The summed E-state index contributed by atoms with van der Waals surface area (Å²) >= 11 is 2.15. The Labute approximate surface area is 161 Å². The fourth-order valence-corrected chi connectivity index (χ4v) is 4.86. The van der Waals surface area contributed by atoms with Crippen molar-refractivity contribution >= 4 is 44.2 Å². The first-order valence-corrected chi connectivity index (χ1v) is 10.7. The number of nitrogens with one attached hydrogen (secondary N) is 1. The molecule has 25 heavy (non-hydrogen) atoms. The third-order valence-electron chi connectivity index (χ3n) is 4.15. The van der Waals surface area contributed by atoms with Crippen LogP contribution in [0.5, 0.6) is 0 Å². The number of nitrogens with zero attached hydrogens (tertiary/aromatic N) is 1. The minimum Gasteiger partial charge on any atom is -0.322 e. The highest BCUT2D eigenvalue weighted by Crippen LogP contribution is 2.22. The lowest BCUT2D eigenvalue weighted by Gasteiger charge is -2.25. The summed E-state index contributed by atoms with van der Waals surface area (Å²) in [6.45, 7) is 1.15. The van der Waals surface area contributed by atoms with Crippen LogP contribution in [0.15, 0.2) is 53.4 Å². The molecule has 2 aromatic carbocycles. The first-order chi connectivity index (χ1) is 12.0. The summed E-state index contributed by atoms with van der Waals surface area (Å²) in [4.78, 5) is 12.5. The van der Waals surface area contributed by atoms with Crippen LogP contribution in [0.3, 0.4) is 0 Å².